The van der Waals surface area contributed by atoms with Crippen LogP contribution in [0.3, 0.4) is 0 Å². The van der Waals surface area contributed by atoms with Gasteiger partial charge in [0.15, 0.2) is 0 Å². The molecule has 0 saturated carbocycles. The highest BCUT2D eigenvalue weighted by atomic mass is 35.5. The number of aliphatic hydroxyl groups is 1. The molecule has 0 fully saturated rings. The quantitative estimate of drug-likeness (QED) is 0.619. The van der Waals surface area contributed by atoms with Crippen molar-refractivity contribution in [1.82, 2.24) is 10.3 Å². The summed E-state index contributed by atoms with van der Waals surface area (Å²) < 4.78 is 0. The summed E-state index contributed by atoms with van der Waals surface area (Å²) in [6.45, 7) is 0.750. The number of halogens is 2. The largest absolute Gasteiger partial charge is 0.396 e. The zero-order chi connectivity index (χ0) is 12.7. The highest BCUT2D eigenvalue weighted by Gasteiger charge is 2.07. The lowest BCUT2D eigenvalue weighted by Crippen LogP contribution is -2.24. The first kappa shape index (κ1) is 14.2. The Morgan fingerprint density at radius 3 is 2.47 bits per heavy atom. The van der Waals surface area contributed by atoms with Crippen LogP contribution in [0.2, 0.25) is 10.3 Å². The van der Waals surface area contributed by atoms with Crippen LogP contribution in [0.5, 0.6) is 0 Å². The predicted molar refractivity (Wildman–Crippen MR) is 67.5 cm³/mol. The van der Waals surface area contributed by atoms with Crippen LogP contribution in [0.4, 0.5) is 0 Å². The fourth-order valence-corrected chi connectivity index (χ4v) is 1.77. The molecule has 0 aliphatic rings. The number of aliphatic hydroxyl groups excluding tert-OH is 1. The zero-order valence-corrected chi connectivity index (χ0v) is 10.8. The van der Waals surface area contributed by atoms with Crippen molar-refractivity contribution in [2.45, 2.75) is 19.3 Å². The van der Waals surface area contributed by atoms with Crippen LogP contribution in [-0.4, -0.2) is 29.1 Å². The van der Waals surface area contributed by atoms with Crippen LogP contribution in [0.25, 0.3) is 0 Å². The van der Waals surface area contributed by atoms with Gasteiger partial charge >= 0.3 is 0 Å². The summed E-state index contributed by atoms with van der Waals surface area (Å²) in [6.07, 6.45) is 2.47. The van der Waals surface area contributed by atoms with E-state index in [0.717, 1.165) is 19.3 Å². The second kappa shape index (κ2) is 7.48. The van der Waals surface area contributed by atoms with Crippen molar-refractivity contribution in [2.75, 3.05) is 13.2 Å². The molecule has 1 aromatic rings. The van der Waals surface area contributed by atoms with Crippen LogP contribution in [0, 0.1) is 0 Å². The summed E-state index contributed by atoms with van der Waals surface area (Å²) in [6, 6.07) is 2.94. The van der Waals surface area contributed by atoms with Crippen LogP contribution >= 0.6 is 23.2 Å². The van der Waals surface area contributed by atoms with Crippen molar-refractivity contribution >= 4 is 29.1 Å². The van der Waals surface area contributed by atoms with Crippen molar-refractivity contribution in [2.24, 2.45) is 0 Å². The smallest absolute Gasteiger partial charge is 0.251 e. The molecule has 1 rings (SSSR count). The van der Waals surface area contributed by atoms with Gasteiger partial charge in [0, 0.05) is 18.7 Å². The molecule has 94 valence electrons. The lowest BCUT2D eigenvalue weighted by molar-refractivity contribution is 0.0952. The van der Waals surface area contributed by atoms with Crippen molar-refractivity contribution < 1.29 is 9.90 Å². The maximum absolute atomic E-state index is 11.7. The first-order valence-corrected chi connectivity index (χ1v) is 6.11. The number of hydrogen-bond acceptors (Lipinski definition) is 3. The van der Waals surface area contributed by atoms with Gasteiger partial charge in [-0.15, -0.1) is 0 Å². The maximum Gasteiger partial charge on any atom is 0.251 e. The number of unbranched alkanes of at least 4 members (excludes halogenated alkanes) is 2. The van der Waals surface area contributed by atoms with Crippen molar-refractivity contribution in [3.05, 3.63) is 28.0 Å². The standard InChI is InChI=1S/C11H14Cl2N2O2/c12-9-6-8(7-10(13)15-9)11(17)14-4-2-1-3-5-16/h6-7,16H,1-5H2,(H,14,17). The highest BCUT2D eigenvalue weighted by molar-refractivity contribution is 6.33. The van der Waals surface area contributed by atoms with Crippen molar-refractivity contribution in [3.63, 3.8) is 0 Å². The number of carbonyl (C=O) groups is 1. The van der Waals surface area contributed by atoms with E-state index in [2.05, 4.69) is 10.3 Å². The van der Waals surface area contributed by atoms with Gasteiger partial charge in [-0.25, -0.2) is 4.98 Å². The maximum atomic E-state index is 11.7. The van der Waals surface area contributed by atoms with Gasteiger partial charge < -0.3 is 10.4 Å². The number of nitrogens with one attached hydrogen (secondary N) is 1. The van der Waals surface area contributed by atoms with Gasteiger partial charge in [-0.3, -0.25) is 4.79 Å². The average molecular weight is 277 g/mol. The summed E-state index contributed by atoms with van der Waals surface area (Å²) in [7, 11) is 0. The highest BCUT2D eigenvalue weighted by Crippen LogP contribution is 2.14. The third-order valence-corrected chi connectivity index (χ3v) is 2.53. The molecule has 0 spiro atoms. The molecule has 0 unspecified atom stereocenters. The second-order valence-electron chi connectivity index (χ2n) is 3.54. The predicted octanol–water partition coefficient (Wildman–Crippen LogP) is 2.28. The third kappa shape index (κ3) is 5.35. The number of carbonyl (C=O) groups excluding carboxylic acids is 1. The fraction of sp³-hybridized carbons (Fsp3) is 0.455. The number of rotatable bonds is 6. The van der Waals surface area contributed by atoms with E-state index in [1.165, 1.54) is 12.1 Å². The molecule has 4 nitrogen and oxygen atoms in total. The molecule has 1 amide bonds. The first-order chi connectivity index (χ1) is 8.13. The van der Waals surface area contributed by atoms with E-state index in [9.17, 15) is 4.79 Å². The SMILES string of the molecule is O=C(NCCCCCO)c1cc(Cl)nc(Cl)c1. The Balaban J connectivity index is 2.41. The van der Waals surface area contributed by atoms with Gasteiger partial charge in [-0.05, 0) is 31.4 Å². The minimum Gasteiger partial charge on any atom is -0.396 e. The second-order valence-corrected chi connectivity index (χ2v) is 4.32. The molecule has 1 aromatic heterocycles. The van der Waals surface area contributed by atoms with Crippen LogP contribution in [0.15, 0.2) is 12.1 Å². The number of nitrogens with zero attached hydrogens (tertiary/aromatic N) is 1. The number of pyridine rings is 1. The molecular formula is C11H14Cl2N2O2. The summed E-state index contributed by atoms with van der Waals surface area (Å²) >= 11 is 11.4. The Hall–Kier alpha value is -0.840. The lowest BCUT2D eigenvalue weighted by atomic mass is 10.2. The molecule has 2 N–H and O–H groups in total. The normalized spacial score (nSPS) is 10.3. The molecule has 0 saturated heterocycles. The van der Waals surface area contributed by atoms with Crippen LogP contribution < -0.4 is 5.32 Å². The summed E-state index contributed by atoms with van der Waals surface area (Å²) in [5.74, 6) is -0.222. The third-order valence-electron chi connectivity index (χ3n) is 2.15. The molecule has 0 aliphatic heterocycles. The van der Waals surface area contributed by atoms with Gasteiger partial charge in [-0.2, -0.15) is 0 Å². The summed E-state index contributed by atoms with van der Waals surface area (Å²) in [5, 5.41) is 11.7. The van der Waals surface area contributed by atoms with E-state index in [1.807, 2.05) is 0 Å². The van der Waals surface area contributed by atoms with Gasteiger partial charge in [0.25, 0.3) is 5.91 Å². The van der Waals surface area contributed by atoms with Gasteiger partial charge in [0.05, 0.1) is 0 Å². The molecule has 0 bridgehead atoms. The van der Waals surface area contributed by atoms with Crippen molar-refractivity contribution in [1.29, 1.82) is 0 Å². The van der Waals surface area contributed by atoms with E-state index in [4.69, 9.17) is 28.3 Å². The lowest BCUT2D eigenvalue weighted by Gasteiger charge is -2.05. The van der Waals surface area contributed by atoms with Crippen LogP contribution in [-0.2, 0) is 0 Å². The minimum atomic E-state index is -0.222. The first-order valence-electron chi connectivity index (χ1n) is 5.35. The van der Waals surface area contributed by atoms with E-state index in [1.54, 1.807) is 0 Å². The summed E-state index contributed by atoms with van der Waals surface area (Å²) in [4.78, 5) is 15.4. The number of amides is 1. The van der Waals surface area contributed by atoms with Gasteiger partial charge in [0.1, 0.15) is 10.3 Å². The van der Waals surface area contributed by atoms with E-state index < -0.39 is 0 Å². The molecule has 0 aliphatic carbocycles. The molecule has 0 aromatic carbocycles. The van der Waals surface area contributed by atoms with E-state index in [0.29, 0.717) is 12.1 Å². The Labute approximate surface area is 110 Å². The Bertz CT molecular complexity index is 365. The number of hydrogen-bond donors (Lipinski definition) is 2. The molecule has 6 heteroatoms. The summed E-state index contributed by atoms with van der Waals surface area (Å²) in [5.41, 5.74) is 0.400. The number of aromatic nitrogens is 1. The monoisotopic (exact) mass is 276 g/mol. The Morgan fingerprint density at radius 1 is 1.24 bits per heavy atom. The zero-order valence-electron chi connectivity index (χ0n) is 9.25. The topological polar surface area (TPSA) is 62.2 Å². The van der Waals surface area contributed by atoms with Crippen LogP contribution in [0.1, 0.15) is 29.6 Å². The van der Waals surface area contributed by atoms with E-state index >= 15 is 0 Å². The van der Waals surface area contributed by atoms with Crippen molar-refractivity contribution in [3.8, 4) is 0 Å². The fourth-order valence-electron chi connectivity index (χ4n) is 1.31. The minimum absolute atomic E-state index is 0.184. The Morgan fingerprint density at radius 2 is 1.88 bits per heavy atom. The van der Waals surface area contributed by atoms with Gasteiger partial charge in [0.2, 0.25) is 0 Å². The Kier molecular flexibility index (Phi) is 6.26. The van der Waals surface area contributed by atoms with Gasteiger partial charge in [-0.1, -0.05) is 23.2 Å². The molecule has 0 atom stereocenters. The van der Waals surface area contributed by atoms with E-state index in [-0.39, 0.29) is 22.8 Å². The molecular weight excluding hydrogens is 263 g/mol. The molecule has 17 heavy (non-hydrogen) atoms. The average Bonchev–Trinajstić information content (AvgIpc) is 2.27. The molecule has 1 heterocycles. The molecule has 0 radical (unpaired) electrons.